The Morgan fingerprint density at radius 2 is 1.81 bits per heavy atom. The topological polar surface area (TPSA) is 54.8 Å². The van der Waals surface area contributed by atoms with Crippen LogP contribution in [0.15, 0.2) is 42.6 Å². The van der Waals surface area contributed by atoms with Crippen LogP contribution in [0.1, 0.15) is 43.0 Å². The molecule has 1 saturated heterocycles. The third kappa shape index (κ3) is 6.10. The fraction of sp³-hybridized carbons (Fsp3) is 0.464. The van der Waals surface area contributed by atoms with Gasteiger partial charge in [-0.15, -0.1) is 0 Å². The first-order valence-corrected chi connectivity index (χ1v) is 12.3. The molecule has 0 radical (unpaired) electrons. The highest BCUT2D eigenvalue weighted by atomic mass is 19.1. The van der Waals surface area contributed by atoms with Crippen molar-refractivity contribution in [3.63, 3.8) is 0 Å². The van der Waals surface area contributed by atoms with Gasteiger partial charge in [-0.25, -0.2) is 13.2 Å². The second-order valence-corrected chi connectivity index (χ2v) is 9.70. The summed E-state index contributed by atoms with van der Waals surface area (Å²) >= 11 is 0. The van der Waals surface area contributed by atoms with Crippen LogP contribution in [0, 0.1) is 24.0 Å². The number of pyridine rings is 1. The SMILES string of the molecule is COc1ccc2ncc(C)c([C@@H](F)CCC3(CO)CCN(CCOc4cc(F)cc(F)c4)CC3)c2c1. The quantitative estimate of drug-likeness (QED) is 0.381. The van der Waals surface area contributed by atoms with Crippen LogP contribution in [0.5, 0.6) is 11.5 Å². The zero-order valence-corrected chi connectivity index (χ0v) is 20.8. The van der Waals surface area contributed by atoms with E-state index in [1.54, 1.807) is 13.3 Å². The van der Waals surface area contributed by atoms with Crippen molar-refractivity contribution >= 4 is 10.9 Å². The lowest BCUT2D eigenvalue weighted by Gasteiger charge is -2.41. The molecular weight excluding hydrogens is 469 g/mol. The van der Waals surface area contributed by atoms with E-state index in [-0.39, 0.29) is 17.8 Å². The molecular formula is C28H33F3N2O3. The van der Waals surface area contributed by atoms with Crippen LogP contribution in [-0.4, -0.2) is 54.9 Å². The Bertz CT molecular complexity index is 1160. The van der Waals surface area contributed by atoms with E-state index in [1.165, 1.54) is 0 Å². The summed E-state index contributed by atoms with van der Waals surface area (Å²) in [6.07, 6.45) is 2.90. The van der Waals surface area contributed by atoms with Gasteiger partial charge in [-0.1, -0.05) is 0 Å². The van der Waals surface area contributed by atoms with Gasteiger partial charge in [0.2, 0.25) is 0 Å². The van der Waals surface area contributed by atoms with Crippen LogP contribution in [0.3, 0.4) is 0 Å². The summed E-state index contributed by atoms with van der Waals surface area (Å²) in [5, 5.41) is 11.0. The molecule has 1 aliphatic rings. The molecule has 4 rings (SSSR count). The largest absolute Gasteiger partial charge is 0.497 e. The third-order valence-corrected chi connectivity index (χ3v) is 7.32. The number of rotatable bonds is 10. The first-order valence-electron chi connectivity index (χ1n) is 12.3. The van der Waals surface area contributed by atoms with Gasteiger partial charge in [-0.05, 0) is 80.4 Å². The van der Waals surface area contributed by atoms with Crippen molar-refractivity contribution in [2.75, 3.05) is 40.0 Å². The Morgan fingerprint density at radius 1 is 1.08 bits per heavy atom. The lowest BCUT2D eigenvalue weighted by atomic mass is 9.74. The van der Waals surface area contributed by atoms with Gasteiger partial charge in [-0.3, -0.25) is 9.88 Å². The molecule has 3 aromatic rings. The van der Waals surface area contributed by atoms with Crippen LogP contribution in [-0.2, 0) is 0 Å². The van der Waals surface area contributed by atoms with E-state index in [0.717, 1.165) is 60.6 Å². The average molecular weight is 503 g/mol. The number of aliphatic hydroxyl groups excluding tert-OH is 1. The molecule has 2 aromatic carbocycles. The predicted octanol–water partition coefficient (Wildman–Crippen LogP) is 5.77. The number of piperidine rings is 1. The summed E-state index contributed by atoms with van der Waals surface area (Å²) < 4.78 is 53.1. The predicted molar refractivity (Wildman–Crippen MR) is 133 cm³/mol. The number of aromatic nitrogens is 1. The molecule has 5 nitrogen and oxygen atoms in total. The molecule has 0 bridgehead atoms. The van der Waals surface area contributed by atoms with Crippen molar-refractivity contribution in [1.29, 1.82) is 0 Å². The van der Waals surface area contributed by atoms with E-state index in [0.29, 0.717) is 37.3 Å². The normalized spacial score (nSPS) is 16.7. The Balaban J connectivity index is 1.33. The van der Waals surface area contributed by atoms with E-state index in [4.69, 9.17) is 9.47 Å². The molecule has 36 heavy (non-hydrogen) atoms. The smallest absolute Gasteiger partial charge is 0.129 e. The minimum Gasteiger partial charge on any atom is -0.497 e. The monoisotopic (exact) mass is 502 g/mol. The highest BCUT2D eigenvalue weighted by molar-refractivity contribution is 5.84. The number of nitrogens with zero attached hydrogens (tertiary/aromatic N) is 2. The van der Waals surface area contributed by atoms with Gasteiger partial charge in [0.1, 0.15) is 35.9 Å². The minimum atomic E-state index is -1.18. The fourth-order valence-electron chi connectivity index (χ4n) is 5.05. The lowest BCUT2D eigenvalue weighted by molar-refractivity contribution is 0.0266. The first-order chi connectivity index (χ1) is 17.3. The maximum atomic E-state index is 15.7. The summed E-state index contributed by atoms with van der Waals surface area (Å²) in [4.78, 5) is 6.62. The van der Waals surface area contributed by atoms with E-state index in [1.807, 2.05) is 25.1 Å². The maximum absolute atomic E-state index is 15.7. The summed E-state index contributed by atoms with van der Waals surface area (Å²) in [5.41, 5.74) is 1.83. The van der Waals surface area contributed by atoms with Gasteiger partial charge >= 0.3 is 0 Å². The lowest BCUT2D eigenvalue weighted by Crippen LogP contribution is -2.43. The van der Waals surface area contributed by atoms with Crippen LogP contribution >= 0.6 is 0 Å². The molecule has 1 N–H and O–H groups in total. The number of halogens is 3. The molecule has 8 heteroatoms. The third-order valence-electron chi connectivity index (χ3n) is 7.32. The number of methoxy groups -OCH3 is 1. The van der Waals surface area contributed by atoms with E-state index < -0.39 is 17.8 Å². The van der Waals surface area contributed by atoms with E-state index in [2.05, 4.69) is 9.88 Å². The summed E-state index contributed by atoms with van der Waals surface area (Å²) in [7, 11) is 1.59. The highest BCUT2D eigenvalue weighted by Gasteiger charge is 2.35. The number of ether oxygens (including phenoxy) is 2. The van der Waals surface area contributed by atoms with Crippen LogP contribution in [0.2, 0.25) is 0 Å². The number of aryl methyl sites for hydroxylation is 1. The Labute approximate surface area is 209 Å². The van der Waals surface area contributed by atoms with E-state index in [9.17, 15) is 13.9 Å². The molecule has 194 valence electrons. The zero-order chi connectivity index (χ0) is 25.7. The van der Waals surface area contributed by atoms with Gasteiger partial charge < -0.3 is 14.6 Å². The van der Waals surface area contributed by atoms with Crippen molar-refractivity contribution in [3.05, 3.63) is 65.4 Å². The zero-order valence-electron chi connectivity index (χ0n) is 20.8. The number of fused-ring (bicyclic) bond motifs is 1. The Hall–Kier alpha value is -2.84. The van der Waals surface area contributed by atoms with Gasteiger partial charge in [0, 0.05) is 42.9 Å². The van der Waals surface area contributed by atoms with E-state index >= 15 is 4.39 Å². The van der Waals surface area contributed by atoms with Crippen LogP contribution in [0.25, 0.3) is 10.9 Å². The summed E-state index contributed by atoms with van der Waals surface area (Å²) in [6, 6.07) is 8.61. The highest BCUT2D eigenvalue weighted by Crippen LogP contribution is 2.40. The Kier molecular flexibility index (Phi) is 8.36. The van der Waals surface area contributed by atoms with Gasteiger partial charge in [0.25, 0.3) is 0 Å². The average Bonchev–Trinajstić information content (AvgIpc) is 2.87. The van der Waals surface area contributed by atoms with Crippen molar-refractivity contribution in [1.82, 2.24) is 9.88 Å². The number of likely N-dealkylation sites (tertiary alicyclic amines) is 1. The molecule has 1 aromatic heterocycles. The number of benzene rings is 2. The molecule has 0 spiro atoms. The molecule has 1 aliphatic heterocycles. The summed E-state index contributed by atoms with van der Waals surface area (Å²) in [5.74, 6) is -0.513. The number of hydrogen-bond donors (Lipinski definition) is 1. The molecule has 1 fully saturated rings. The fourth-order valence-corrected chi connectivity index (χ4v) is 5.05. The summed E-state index contributed by atoms with van der Waals surface area (Å²) in [6.45, 7) is 4.28. The number of hydrogen-bond acceptors (Lipinski definition) is 5. The maximum Gasteiger partial charge on any atom is 0.129 e. The van der Waals surface area contributed by atoms with Crippen LogP contribution < -0.4 is 9.47 Å². The standard InChI is InChI=1S/C28H33F3N2O3/c1-19-17-32-26-4-3-22(35-2)16-24(26)27(19)25(31)5-6-28(18-34)7-9-33(10-8-28)11-12-36-23-14-20(29)13-21(30)15-23/h3-4,13-17,25,34H,5-12,18H2,1-2H3/t25-/m0/s1. The van der Waals surface area contributed by atoms with Crippen molar-refractivity contribution < 1.29 is 27.8 Å². The van der Waals surface area contributed by atoms with Gasteiger partial charge in [-0.2, -0.15) is 0 Å². The molecule has 0 aliphatic carbocycles. The van der Waals surface area contributed by atoms with Crippen LogP contribution in [0.4, 0.5) is 13.2 Å². The van der Waals surface area contributed by atoms with Gasteiger partial charge in [0.15, 0.2) is 0 Å². The molecule has 0 amide bonds. The number of aliphatic hydroxyl groups is 1. The second kappa shape index (κ2) is 11.5. The first kappa shape index (κ1) is 26.2. The molecule has 0 unspecified atom stereocenters. The number of alkyl halides is 1. The molecule has 1 atom stereocenters. The second-order valence-electron chi connectivity index (χ2n) is 9.70. The molecule has 0 saturated carbocycles. The minimum absolute atomic E-state index is 0.0104. The van der Waals surface area contributed by atoms with Crippen molar-refractivity contribution in [2.24, 2.45) is 5.41 Å². The molecule has 2 heterocycles. The van der Waals surface area contributed by atoms with Crippen molar-refractivity contribution in [3.8, 4) is 11.5 Å². The Morgan fingerprint density at radius 3 is 2.47 bits per heavy atom. The van der Waals surface area contributed by atoms with Crippen molar-refractivity contribution in [2.45, 2.75) is 38.8 Å². The van der Waals surface area contributed by atoms with Gasteiger partial charge in [0.05, 0.1) is 12.6 Å².